The van der Waals surface area contributed by atoms with Crippen molar-refractivity contribution in [2.24, 2.45) is 0 Å². The number of aromatic amines is 1. The van der Waals surface area contributed by atoms with Gasteiger partial charge in [-0.15, -0.1) is 11.3 Å². The van der Waals surface area contributed by atoms with Crippen LogP contribution in [-0.4, -0.2) is 26.8 Å². The number of thiazole rings is 1. The molecule has 0 aliphatic heterocycles. The molecule has 5 nitrogen and oxygen atoms in total. The minimum atomic E-state index is -1.13. The molecular formula is C13H8N2O3S. The predicted octanol–water partition coefficient (Wildman–Crippen LogP) is 2.55. The van der Waals surface area contributed by atoms with Gasteiger partial charge in [-0.25, -0.2) is 9.78 Å². The summed E-state index contributed by atoms with van der Waals surface area (Å²) >= 11 is 1.04. The zero-order chi connectivity index (χ0) is 13.4. The van der Waals surface area contributed by atoms with Crippen molar-refractivity contribution in [2.45, 2.75) is 0 Å². The maximum atomic E-state index is 12.3. The normalized spacial score (nSPS) is 10.7. The molecule has 3 aromatic rings. The van der Waals surface area contributed by atoms with Crippen LogP contribution in [0.2, 0.25) is 0 Å². The molecular weight excluding hydrogens is 264 g/mol. The van der Waals surface area contributed by atoms with E-state index in [2.05, 4.69) is 9.97 Å². The molecule has 0 radical (unpaired) electrons. The van der Waals surface area contributed by atoms with Gasteiger partial charge in [0.2, 0.25) is 5.78 Å². The second-order valence-electron chi connectivity index (χ2n) is 3.92. The molecule has 0 atom stereocenters. The minimum absolute atomic E-state index is 0.104. The summed E-state index contributed by atoms with van der Waals surface area (Å²) in [5, 5.41) is 11.2. The van der Waals surface area contributed by atoms with Crippen LogP contribution in [0.3, 0.4) is 0 Å². The Balaban J connectivity index is 2.05. The molecule has 0 spiro atoms. The maximum Gasteiger partial charge on any atom is 0.355 e. The fourth-order valence-electron chi connectivity index (χ4n) is 1.85. The molecule has 2 aromatic heterocycles. The molecule has 2 N–H and O–H groups in total. The number of carboxylic acids is 1. The van der Waals surface area contributed by atoms with E-state index in [9.17, 15) is 9.59 Å². The number of ketones is 1. The number of hydrogen-bond acceptors (Lipinski definition) is 4. The average molecular weight is 272 g/mol. The van der Waals surface area contributed by atoms with Gasteiger partial charge in [-0.3, -0.25) is 4.79 Å². The standard InChI is InChI=1S/C13H8N2O3S/c16-11(12-15-10(6-19-12)13(17)18)8-5-14-9-4-2-1-3-7(8)9/h1-6,14H,(H,17,18). The van der Waals surface area contributed by atoms with Crippen LogP contribution in [0.5, 0.6) is 0 Å². The van der Waals surface area contributed by atoms with Crippen molar-refractivity contribution < 1.29 is 14.7 Å². The maximum absolute atomic E-state index is 12.3. The summed E-state index contributed by atoms with van der Waals surface area (Å²) in [4.78, 5) is 29.9. The van der Waals surface area contributed by atoms with Gasteiger partial charge in [0.15, 0.2) is 10.7 Å². The molecule has 3 rings (SSSR count). The molecule has 0 unspecified atom stereocenters. The SMILES string of the molecule is O=C(O)c1csc(C(=O)c2c[nH]c3ccccc23)n1. The molecule has 19 heavy (non-hydrogen) atoms. The van der Waals surface area contributed by atoms with Crippen molar-refractivity contribution in [3.8, 4) is 0 Å². The van der Waals surface area contributed by atoms with Gasteiger partial charge in [0.1, 0.15) is 0 Å². The predicted molar refractivity (Wildman–Crippen MR) is 70.8 cm³/mol. The second-order valence-corrected chi connectivity index (χ2v) is 4.78. The summed E-state index contributed by atoms with van der Waals surface area (Å²) in [5.74, 6) is -1.40. The van der Waals surface area contributed by atoms with Crippen molar-refractivity contribution >= 4 is 34.0 Å². The lowest BCUT2D eigenvalue weighted by atomic mass is 10.1. The van der Waals surface area contributed by atoms with Crippen LogP contribution >= 0.6 is 11.3 Å². The van der Waals surface area contributed by atoms with Gasteiger partial charge >= 0.3 is 5.97 Å². The average Bonchev–Trinajstić information content (AvgIpc) is 3.05. The lowest BCUT2D eigenvalue weighted by molar-refractivity contribution is 0.0691. The fraction of sp³-hybridized carbons (Fsp3) is 0. The van der Waals surface area contributed by atoms with Crippen molar-refractivity contribution in [2.75, 3.05) is 0 Å². The third-order valence-corrected chi connectivity index (χ3v) is 3.59. The zero-order valence-corrected chi connectivity index (χ0v) is 10.4. The van der Waals surface area contributed by atoms with Crippen molar-refractivity contribution in [3.05, 3.63) is 52.1 Å². The quantitative estimate of drug-likeness (QED) is 0.718. The number of para-hydroxylation sites is 1. The monoisotopic (exact) mass is 272 g/mol. The van der Waals surface area contributed by atoms with Gasteiger partial charge in [-0.05, 0) is 6.07 Å². The number of carbonyl (C=O) groups is 2. The number of hydrogen-bond donors (Lipinski definition) is 2. The minimum Gasteiger partial charge on any atom is -0.476 e. The number of aromatic nitrogens is 2. The van der Waals surface area contributed by atoms with Gasteiger partial charge in [0, 0.05) is 22.5 Å². The molecule has 94 valence electrons. The van der Waals surface area contributed by atoms with E-state index in [-0.39, 0.29) is 16.5 Å². The molecule has 0 aliphatic rings. The molecule has 2 heterocycles. The lowest BCUT2D eigenvalue weighted by Gasteiger charge is -1.94. The van der Waals surface area contributed by atoms with Gasteiger partial charge in [0.05, 0.1) is 5.56 Å². The summed E-state index contributed by atoms with van der Waals surface area (Å²) in [7, 11) is 0. The van der Waals surface area contributed by atoms with Crippen LogP contribution in [0.1, 0.15) is 25.9 Å². The number of carboxylic acid groups (broad SMARTS) is 1. The largest absolute Gasteiger partial charge is 0.476 e. The van der Waals surface area contributed by atoms with Gasteiger partial charge in [-0.2, -0.15) is 0 Å². The number of benzene rings is 1. The molecule has 0 bridgehead atoms. The summed E-state index contributed by atoms with van der Waals surface area (Å²) in [6.45, 7) is 0. The highest BCUT2D eigenvalue weighted by atomic mass is 32.1. The van der Waals surface area contributed by atoms with E-state index in [1.807, 2.05) is 24.3 Å². The van der Waals surface area contributed by atoms with E-state index in [1.165, 1.54) is 5.38 Å². The number of rotatable bonds is 3. The van der Waals surface area contributed by atoms with E-state index < -0.39 is 5.97 Å². The molecule has 0 fully saturated rings. The number of carbonyl (C=O) groups excluding carboxylic acids is 1. The van der Waals surface area contributed by atoms with Crippen LogP contribution < -0.4 is 0 Å². The number of fused-ring (bicyclic) bond motifs is 1. The van der Waals surface area contributed by atoms with E-state index in [1.54, 1.807) is 6.20 Å². The van der Waals surface area contributed by atoms with E-state index in [0.29, 0.717) is 5.56 Å². The summed E-state index contributed by atoms with van der Waals surface area (Å²) in [6.07, 6.45) is 1.62. The van der Waals surface area contributed by atoms with Crippen molar-refractivity contribution in [1.29, 1.82) is 0 Å². The first kappa shape index (κ1) is 11.6. The number of nitrogens with one attached hydrogen (secondary N) is 1. The summed E-state index contributed by atoms with van der Waals surface area (Å²) in [5.41, 5.74) is 1.26. The topological polar surface area (TPSA) is 83.0 Å². The first-order chi connectivity index (χ1) is 9.16. The highest BCUT2D eigenvalue weighted by molar-refractivity contribution is 7.12. The van der Waals surface area contributed by atoms with Crippen LogP contribution in [0.15, 0.2) is 35.8 Å². The third-order valence-electron chi connectivity index (χ3n) is 2.75. The Hall–Kier alpha value is -2.47. The Morgan fingerprint density at radius 2 is 2.05 bits per heavy atom. The van der Waals surface area contributed by atoms with Crippen molar-refractivity contribution in [1.82, 2.24) is 9.97 Å². The first-order valence-corrected chi connectivity index (χ1v) is 6.34. The Morgan fingerprint density at radius 1 is 1.26 bits per heavy atom. The third kappa shape index (κ3) is 1.92. The zero-order valence-electron chi connectivity index (χ0n) is 9.58. The lowest BCUT2D eigenvalue weighted by Crippen LogP contribution is -2.02. The van der Waals surface area contributed by atoms with Crippen LogP contribution in [0.4, 0.5) is 0 Å². The number of H-pyrrole nitrogens is 1. The molecule has 0 aliphatic carbocycles. The summed E-state index contributed by atoms with van der Waals surface area (Å²) < 4.78 is 0. The van der Waals surface area contributed by atoms with Crippen LogP contribution in [0, 0.1) is 0 Å². The van der Waals surface area contributed by atoms with Gasteiger partial charge in [-0.1, -0.05) is 18.2 Å². The van der Waals surface area contributed by atoms with Crippen LogP contribution in [-0.2, 0) is 0 Å². The van der Waals surface area contributed by atoms with E-state index in [0.717, 1.165) is 22.2 Å². The first-order valence-electron chi connectivity index (χ1n) is 5.46. The fourth-order valence-corrected chi connectivity index (χ4v) is 2.60. The molecule has 0 amide bonds. The highest BCUT2D eigenvalue weighted by Gasteiger charge is 2.19. The van der Waals surface area contributed by atoms with Crippen molar-refractivity contribution in [3.63, 3.8) is 0 Å². The van der Waals surface area contributed by atoms with Gasteiger partial charge in [0.25, 0.3) is 0 Å². The number of aromatic carboxylic acids is 1. The summed E-state index contributed by atoms with van der Waals surface area (Å²) in [6, 6.07) is 7.43. The van der Waals surface area contributed by atoms with Crippen LogP contribution in [0.25, 0.3) is 10.9 Å². The molecule has 6 heteroatoms. The van der Waals surface area contributed by atoms with Gasteiger partial charge < -0.3 is 10.1 Å². The molecule has 0 saturated heterocycles. The molecule has 0 saturated carbocycles. The molecule has 1 aromatic carbocycles. The Kier molecular flexibility index (Phi) is 2.64. The Bertz CT molecular complexity index is 788. The smallest absolute Gasteiger partial charge is 0.355 e. The number of nitrogens with zero attached hydrogens (tertiary/aromatic N) is 1. The van der Waals surface area contributed by atoms with E-state index in [4.69, 9.17) is 5.11 Å². The Labute approximate surface area is 111 Å². The second kappa shape index (κ2) is 4.33. The van der Waals surface area contributed by atoms with E-state index >= 15 is 0 Å². The highest BCUT2D eigenvalue weighted by Crippen LogP contribution is 2.22. The Morgan fingerprint density at radius 3 is 2.79 bits per heavy atom.